The van der Waals surface area contributed by atoms with Crippen molar-refractivity contribution in [3.8, 4) is 0 Å². The highest BCUT2D eigenvalue weighted by Gasteiger charge is 2.13. The molecule has 5 heteroatoms. The lowest BCUT2D eigenvalue weighted by atomic mass is 10.3. The molecule has 0 aliphatic carbocycles. The first-order valence-corrected chi connectivity index (χ1v) is 4.05. The molecule has 12 heavy (non-hydrogen) atoms. The first-order valence-electron chi connectivity index (χ1n) is 4.05. The summed E-state index contributed by atoms with van der Waals surface area (Å²) in [5, 5.41) is 7.24. The molecule has 2 rings (SSSR count). The minimum Gasteiger partial charge on any atom is -0.369 e. The number of nitrogens with one attached hydrogen (secondary N) is 2. The minimum absolute atomic E-state index is 0.422. The van der Waals surface area contributed by atoms with Gasteiger partial charge in [-0.15, -0.1) is 0 Å². The highest BCUT2D eigenvalue weighted by Crippen LogP contribution is 1.95. The van der Waals surface area contributed by atoms with Crippen LogP contribution in [-0.4, -0.2) is 37.5 Å². The zero-order valence-corrected chi connectivity index (χ0v) is 7.00. The third-order valence-electron chi connectivity index (χ3n) is 1.76. The van der Waals surface area contributed by atoms with E-state index in [2.05, 4.69) is 27.8 Å². The molecule has 2 aliphatic heterocycles. The van der Waals surface area contributed by atoms with Crippen molar-refractivity contribution in [2.24, 2.45) is 10.1 Å². The second-order valence-electron chi connectivity index (χ2n) is 3.02. The molecular formula is C7H12N4O. The average Bonchev–Trinajstić information content (AvgIpc) is 2.32. The smallest absolute Gasteiger partial charge is 0.212 e. The summed E-state index contributed by atoms with van der Waals surface area (Å²) in [4.78, 5) is 4.19. The van der Waals surface area contributed by atoms with Gasteiger partial charge < -0.3 is 10.1 Å². The number of hydrogen-bond donors (Lipinski definition) is 2. The summed E-state index contributed by atoms with van der Waals surface area (Å²) in [6, 6.07) is 0.422. The van der Waals surface area contributed by atoms with E-state index in [9.17, 15) is 0 Å². The van der Waals surface area contributed by atoms with E-state index in [0.717, 1.165) is 18.2 Å². The van der Waals surface area contributed by atoms with Crippen molar-refractivity contribution in [2.45, 2.75) is 13.0 Å². The van der Waals surface area contributed by atoms with E-state index in [4.69, 9.17) is 4.74 Å². The number of hydrazone groups is 1. The second kappa shape index (κ2) is 3.10. The lowest BCUT2D eigenvalue weighted by molar-refractivity contribution is 0.158. The number of nitrogens with zero attached hydrogens (tertiary/aromatic N) is 2. The molecule has 2 aliphatic rings. The van der Waals surface area contributed by atoms with E-state index in [1.165, 1.54) is 0 Å². The average molecular weight is 168 g/mol. The predicted octanol–water partition coefficient (Wildman–Crippen LogP) is -0.690. The van der Waals surface area contributed by atoms with Crippen LogP contribution in [0.4, 0.5) is 0 Å². The summed E-state index contributed by atoms with van der Waals surface area (Å²) in [5.41, 5.74) is 3.90. The normalized spacial score (nSPS) is 27.2. The Morgan fingerprint density at radius 1 is 1.67 bits per heavy atom. The molecule has 0 aromatic rings. The van der Waals surface area contributed by atoms with Gasteiger partial charge in [0.15, 0.2) is 0 Å². The molecule has 0 spiro atoms. The SMILES string of the molecule is CC1CN=C(NN=C2COC2)N1. The van der Waals surface area contributed by atoms with Crippen LogP contribution in [0.15, 0.2) is 10.1 Å². The summed E-state index contributed by atoms with van der Waals surface area (Å²) in [6.07, 6.45) is 0. The molecule has 66 valence electrons. The van der Waals surface area contributed by atoms with Gasteiger partial charge in [0, 0.05) is 6.04 Å². The Hall–Kier alpha value is -1.10. The first-order chi connectivity index (χ1) is 5.84. The van der Waals surface area contributed by atoms with E-state index in [1.54, 1.807) is 0 Å². The lowest BCUT2D eigenvalue weighted by Gasteiger charge is -2.15. The van der Waals surface area contributed by atoms with Gasteiger partial charge in [-0.05, 0) is 6.92 Å². The summed E-state index contributed by atoms with van der Waals surface area (Å²) in [6.45, 7) is 4.20. The Kier molecular flexibility index (Phi) is 1.95. The van der Waals surface area contributed by atoms with Gasteiger partial charge in [-0.1, -0.05) is 0 Å². The fourth-order valence-electron chi connectivity index (χ4n) is 1.01. The molecule has 0 aromatic carbocycles. The van der Waals surface area contributed by atoms with Crippen molar-refractivity contribution in [3.05, 3.63) is 0 Å². The maximum Gasteiger partial charge on any atom is 0.212 e. The molecular weight excluding hydrogens is 156 g/mol. The van der Waals surface area contributed by atoms with E-state index >= 15 is 0 Å². The van der Waals surface area contributed by atoms with Gasteiger partial charge in [-0.2, -0.15) is 5.10 Å². The van der Waals surface area contributed by atoms with E-state index in [0.29, 0.717) is 19.3 Å². The van der Waals surface area contributed by atoms with Gasteiger partial charge in [-0.3, -0.25) is 0 Å². The number of ether oxygens (including phenoxy) is 1. The molecule has 1 atom stereocenters. The van der Waals surface area contributed by atoms with Crippen LogP contribution in [0, 0.1) is 0 Å². The Morgan fingerprint density at radius 2 is 2.50 bits per heavy atom. The molecule has 2 heterocycles. The van der Waals surface area contributed by atoms with Crippen LogP contribution in [0.3, 0.4) is 0 Å². The van der Waals surface area contributed by atoms with Gasteiger partial charge >= 0.3 is 0 Å². The maximum absolute atomic E-state index is 4.94. The molecule has 0 aromatic heterocycles. The van der Waals surface area contributed by atoms with Crippen LogP contribution < -0.4 is 10.7 Å². The monoisotopic (exact) mass is 168 g/mol. The Bertz CT molecular complexity index is 230. The van der Waals surface area contributed by atoms with Gasteiger partial charge in [0.1, 0.15) is 0 Å². The number of rotatable bonds is 1. The molecule has 2 N–H and O–H groups in total. The summed E-state index contributed by atoms with van der Waals surface area (Å²) < 4.78 is 4.94. The van der Waals surface area contributed by atoms with Crippen molar-refractivity contribution in [1.29, 1.82) is 0 Å². The zero-order valence-electron chi connectivity index (χ0n) is 7.00. The number of hydrogen-bond acceptors (Lipinski definition) is 5. The molecule has 5 nitrogen and oxygen atoms in total. The van der Waals surface area contributed by atoms with Crippen LogP contribution in [0.5, 0.6) is 0 Å². The summed E-state index contributed by atoms with van der Waals surface area (Å²) in [5.74, 6) is 0.766. The van der Waals surface area contributed by atoms with E-state index in [-0.39, 0.29) is 0 Å². The molecule has 0 bridgehead atoms. The minimum atomic E-state index is 0.422. The van der Waals surface area contributed by atoms with Crippen molar-refractivity contribution in [3.63, 3.8) is 0 Å². The standard InChI is InChI=1S/C7H12N4O/c1-5-2-8-7(9-5)11-10-6-3-12-4-6/h5H,2-4H2,1H3,(H2,8,9,11). The second-order valence-corrected chi connectivity index (χ2v) is 3.02. The molecule has 1 saturated heterocycles. The zero-order chi connectivity index (χ0) is 8.39. The van der Waals surface area contributed by atoms with E-state index < -0.39 is 0 Å². The Labute approximate surface area is 70.9 Å². The fourth-order valence-corrected chi connectivity index (χ4v) is 1.01. The first kappa shape index (κ1) is 7.54. The predicted molar refractivity (Wildman–Crippen MR) is 46.3 cm³/mol. The van der Waals surface area contributed by atoms with Crippen LogP contribution in [-0.2, 0) is 4.74 Å². The highest BCUT2D eigenvalue weighted by molar-refractivity contribution is 5.92. The van der Waals surface area contributed by atoms with Crippen molar-refractivity contribution < 1.29 is 4.74 Å². The Balaban J connectivity index is 1.80. The van der Waals surface area contributed by atoms with Crippen LogP contribution in [0.1, 0.15) is 6.92 Å². The number of aliphatic imine (C=N–C) groups is 1. The third kappa shape index (κ3) is 1.55. The lowest BCUT2D eigenvalue weighted by Crippen LogP contribution is -2.37. The fraction of sp³-hybridized carbons (Fsp3) is 0.714. The summed E-state index contributed by atoms with van der Waals surface area (Å²) >= 11 is 0. The van der Waals surface area contributed by atoms with Crippen molar-refractivity contribution in [2.75, 3.05) is 19.8 Å². The molecule has 0 saturated carbocycles. The van der Waals surface area contributed by atoms with E-state index in [1.807, 2.05) is 0 Å². The van der Waals surface area contributed by atoms with Crippen LogP contribution in [0.2, 0.25) is 0 Å². The molecule has 1 fully saturated rings. The van der Waals surface area contributed by atoms with Crippen molar-refractivity contribution in [1.82, 2.24) is 10.7 Å². The molecule has 1 unspecified atom stereocenters. The van der Waals surface area contributed by atoms with Crippen molar-refractivity contribution >= 4 is 11.7 Å². The topological polar surface area (TPSA) is 58.0 Å². The largest absolute Gasteiger partial charge is 0.369 e. The number of guanidine groups is 1. The molecule has 0 radical (unpaired) electrons. The van der Waals surface area contributed by atoms with Gasteiger partial charge in [0.25, 0.3) is 0 Å². The van der Waals surface area contributed by atoms with Crippen LogP contribution >= 0.6 is 0 Å². The van der Waals surface area contributed by atoms with Gasteiger partial charge in [0.2, 0.25) is 5.96 Å². The van der Waals surface area contributed by atoms with Gasteiger partial charge in [-0.25, -0.2) is 10.4 Å². The maximum atomic E-state index is 4.94. The Morgan fingerprint density at radius 3 is 3.00 bits per heavy atom. The van der Waals surface area contributed by atoms with Crippen LogP contribution in [0.25, 0.3) is 0 Å². The highest BCUT2D eigenvalue weighted by atomic mass is 16.5. The van der Waals surface area contributed by atoms with Gasteiger partial charge in [0.05, 0.1) is 25.5 Å². The molecule has 0 amide bonds. The summed E-state index contributed by atoms with van der Waals surface area (Å²) in [7, 11) is 0. The quantitative estimate of drug-likeness (QED) is 0.509. The third-order valence-corrected chi connectivity index (χ3v) is 1.76.